The molecule has 1 saturated carbocycles. The molecule has 0 bridgehead atoms. The van der Waals surface area contributed by atoms with Crippen LogP contribution >= 0.6 is 0 Å². The van der Waals surface area contributed by atoms with E-state index in [1.165, 1.54) is 16.7 Å². The number of aliphatic hydroxyl groups is 1. The molecule has 5 nitrogen and oxygen atoms in total. The first-order valence-corrected chi connectivity index (χ1v) is 12.1. The van der Waals surface area contributed by atoms with Crippen molar-refractivity contribution in [3.63, 3.8) is 0 Å². The fourth-order valence-corrected chi connectivity index (χ4v) is 5.84. The number of hydrogen-bond donors (Lipinski definition) is 3. The number of aromatic hydroxyl groups is 1. The van der Waals surface area contributed by atoms with Gasteiger partial charge in [-0.2, -0.15) is 0 Å². The van der Waals surface area contributed by atoms with E-state index in [1.807, 2.05) is 39.0 Å². The third-order valence-electron chi connectivity index (χ3n) is 7.21. The number of aryl methyl sites for hydroxylation is 1. The van der Waals surface area contributed by atoms with Gasteiger partial charge in [-0.1, -0.05) is 24.1 Å². The Morgan fingerprint density at radius 1 is 1.18 bits per heavy atom. The Morgan fingerprint density at radius 3 is 2.59 bits per heavy atom. The van der Waals surface area contributed by atoms with Crippen LogP contribution in [0, 0.1) is 17.8 Å². The van der Waals surface area contributed by atoms with E-state index in [2.05, 4.69) is 35.4 Å². The van der Waals surface area contributed by atoms with Gasteiger partial charge in [-0.15, -0.1) is 5.92 Å². The average Bonchev–Trinajstić information content (AvgIpc) is 2.74. The van der Waals surface area contributed by atoms with Crippen molar-refractivity contribution in [2.24, 2.45) is 5.92 Å². The molecule has 0 radical (unpaired) electrons. The Labute approximate surface area is 202 Å². The molecular weight excluding hydrogens is 426 g/mol. The van der Waals surface area contributed by atoms with Crippen molar-refractivity contribution < 1.29 is 19.7 Å². The number of hydrogen-bond acceptors (Lipinski definition) is 4. The van der Waals surface area contributed by atoms with E-state index in [9.17, 15) is 15.0 Å². The molecule has 3 atom stereocenters. The highest BCUT2D eigenvalue weighted by Gasteiger charge is 2.51. The summed E-state index contributed by atoms with van der Waals surface area (Å²) >= 11 is 0. The third kappa shape index (κ3) is 5.08. The molecule has 0 aliphatic heterocycles. The van der Waals surface area contributed by atoms with Crippen molar-refractivity contribution in [3.05, 3.63) is 59.2 Å². The lowest BCUT2D eigenvalue weighted by atomic mass is 9.52. The number of benzene rings is 2. The van der Waals surface area contributed by atoms with E-state index < -0.39 is 17.3 Å². The van der Waals surface area contributed by atoms with Gasteiger partial charge >= 0.3 is 6.09 Å². The van der Waals surface area contributed by atoms with Gasteiger partial charge in [0.05, 0.1) is 0 Å². The molecule has 2 aromatic rings. The van der Waals surface area contributed by atoms with Crippen LogP contribution in [-0.2, 0) is 23.0 Å². The van der Waals surface area contributed by atoms with Crippen LogP contribution in [0.2, 0.25) is 0 Å². The second kappa shape index (κ2) is 9.00. The normalized spacial score (nSPS) is 25.9. The van der Waals surface area contributed by atoms with Crippen LogP contribution in [0.3, 0.4) is 0 Å². The molecule has 3 N–H and O–H groups in total. The molecule has 0 spiro atoms. The maximum Gasteiger partial charge on any atom is 0.412 e. The van der Waals surface area contributed by atoms with Crippen molar-refractivity contribution in [1.29, 1.82) is 0 Å². The Morgan fingerprint density at radius 2 is 1.91 bits per heavy atom. The predicted molar refractivity (Wildman–Crippen MR) is 134 cm³/mol. The fraction of sp³-hybridized carbons (Fsp3) is 0.483. The van der Waals surface area contributed by atoms with Crippen molar-refractivity contribution in [2.75, 3.05) is 5.32 Å². The quantitative estimate of drug-likeness (QED) is 0.511. The van der Waals surface area contributed by atoms with Gasteiger partial charge in [0.25, 0.3) is 0 Å². The molecule has 2 aliphatic rings. The number of nitrogens with one attached hydrogen (secondary N) is 1. The molecular formula is C29H35NO4. The Balaban J connectivity index is 1.61. The predicted octanol–water partition coefficient (Wildman–Crippen LogP) is 5.72. The molecule has 0 unspecified atom stereocenters. The van der Waals surface area contributed by atoms with E-state index in [4.69, 9.17) is 4.74 Å². The van der Waals surface area contributed by atoms with Crippen molar-refractivity contribution in [3.8, 4) is 17.6 Å². The summed E-state index contributed by atoms with van der Waals surface area (Å²) < 4.78 is 5.35. The minimum Gasteiger partial charge on any atom is -0.508 e. The van der Waals surface area contributed by atoms with E-state index in [-0.39, 0.29) is 5.41 Å². The lowest BCUT2D eigenvalue weighted by Gasteiger charge is -2.52. The summed E-state index contributed by atoms with van der Waals surface area (Å²) in [5, 5.41) is 24.0. The standard InChI is InChI=1S/C29H35NO4/c1-5-14-28(33)15-16-29(22(19-28)9-8-21-17-24(31)12-13-25(21)29)18-20-6-10-23(11-7-20)30-26(32)34-27(2,3)4/h6-7,10-13,17,22,31,33H,8-9,15-16,18-19H2,1-4H3,(H,30,32)/t22-,28+,29+/m0/s1. The van der Waals surface area contributed by atoms with Gasteiger partial charge in [-0.05, 0) is 113 Å². The second-order valence-corrected chi connectivity index (χ2v) is 10.8. The van der Waals surface area contributed by atoms with E-state index >= 15 is 0 Å². The van der Waals surface area contributed by atoms with E-state index in [1.54, 1.807) is 13.0 Å². The number of carbonyl (C=O) groups excluding carboxylic acids is 1. The smallest absolute Gasteiger partial charge is 0.412 e. The summed E-state index contributed by atoms with van der Waals surface area (Å²) in [4.78, 5) is 12.1. The molecule has 2 aliphatic carbocycles. The van der Waals surface area contributed by atoms with Crippen LogP contribution in [0.15, 0.2) is 42.5 Å². The minimum absolute atomic E-state index is 0.122. The summed E-state index contributed by atoms with van der Waals surface area (Å²) in [6, 6.07) is 13.7. The number of anilines is 1. The van der Waals surface area contributed by atoms with Crippen molar-refractivity contribution in [2.45, 2.75) is 82.8 Å². The first kappa shape index (κ1) is 24.2. The lowest BCUT2D eigenvalue weighted by Crippen LogP contribution is -2.50. The molecule has 4 rings (SSSR count). The van der Waals surface area contributed by atoms with Crippen LogP contribution in [0.25, 0.3) is 0 Å². The summed E-state index contributed by atoms with van der Waals surface area (Å²) in [6.07, 6.45) is 4.34. The lowest BCUT2D eigenvalue weighted by molar-refractivity contribution is -0.00804. The molecule has 0 heterocycles. The number of fused-ring (bicyclic) bond motifs is 3. The zero-order valence-corrected chi connectivity index (χ0v) is 20.6. The summed E-state index contributed by atoms with van der Waals surface area (Å²) in [7, 11) is 0. The number of carbonyl (C=O) groups is 1. The van der Waals surface area contributed by atoms with Crippen LogP contribution in [0.5, 0.6) is 5.75 Å². The zero-order valence-electron chi connectivity index (χ0n) is 20.6. The molecule has 0 aromatic heterocycles. The van der Waals surface area contributed by atoms with Crippen LogP contribution < -0.4 is 5.32 Å². The van der Waals surface area contributed by atoms with E-state index in [0.717, 1.165) is 25.7 Å². The van der Waals surface area contributed by atoms with Gasteiger partial charge in [-0.25, -0.2) is 4.79 Å². The van der Waals surface area contributed by atoms with Crippen LogP contribution in [0.4, 0.5) is 10.5 Å². The highest BCUT2D eigenvalue weighted by atomic mass is 16.6. The summed E-state index contributed by atoms with van der Waals surface area (Å²) in [6.45, 7) is 7.30. The second-order valence-electron chi connectivity index (χ2n) is 10.8. The Bertz CT molecular complexity index is 1120. The molecule has 1 amide bonds. The maximum absolute atomic E-state index is 12.1. The topological polar surface area (TPSA) is 78.8 Å². The minimum atomic E-state index is -0.932. The van der Waals surface area contributed by atoms with Gasteiger partial charge in [-0.3, -0.25) is 5.32 Å². The molecule has 34 heavy (non-hydrogen) atoms. The van der Waals surface area contributed by atoms with Crippen LogP contribution in [0.1, 0.15) is 70.1 Å². The van der Waals surface area contributed by atoms with Gasteiger partial charge in [0.15, 0.2) is 0 Å². The number of rotatable bonds is 3. The molecule has 2 aromatic carbocycles. The van der Waals surface area contributed by atoms with Gasteiger partial charge in [0.1, 0.15) is 17.0 Å². The summed E-state index contributed by atoms with van der Waals surface area (Å²) in [5.74, 6) is 6.58. The first-order chi connectivity index (χ1) is 16.0. The monoisotopic (exact) mass is 461 g/mol. The Kier molecular flexibility index (Phi) is 6.40. The highest BCUT2D eigenvalue weighted by Crippen LogP contribution is 2.54. The number of ether oxygens (including phenoxy) is 1. The van der Waals surface area contributed by atoms with Gasteiger partial charge in [0.2, 0.25) is 0 Å². The fourth-order valence-electron chi connectivity index (χ4n) is 5.84. The zero-order chi connectivity index (χ0) is 24.6. The number of phenolic OH excluding ortho intramolecular Hbond substituents is 1. The third-order valence-corrected chi connectivity index (χ3v) is 7.21. The van der Waals surface area contributed by atoms with Gasteiger partial charge in [0, 0.05) is 11.1 Å². The molecule has 180 valence electrons. The first-order valence-electron chi connectivity index (χ1n) is 12.1. The molecule has 5 heteroatoms. The summed E-state index contributed by atoms with van der Waals surface area (Å²) in [5.41, 5.74) is 2.74. The molecule has 1 fully saturated rings. The van der Waals surface area contributed by atoms with Crippen molar-refractivity contribution >= 4 is 11.8 Å². The number of amides is 1. The van der Waals surface area contributed by atoms with Crippen molar-refractivity contribution in [1.82, 2.24) is 0 Å². The SMILES string of the molecule is CC#C[C@@]1(O)CC[C@]2(Cc3ccc(NC(=O)OC(C)(C)C)cc3)c3ccc(O)cc3CC[C@H]2C1. The maximum atomic E-state index is 12.1. The largest absolute Gasteiger partial charge is 0.508 e. The highest BCUT2D eigenvalue weighted by molar-refractivity contribution is 5.84. The van der Waals surface area contributed by atoms with E-state index in [0.29, 0.717) is 30.2 Å². The Hall–Kier alpha value is -2.97. The average molecular weight is 462 g/mol. The van der Waals surface area contributed by atoms with Gasteiger partial charge < -0.3 is 14.9 Å². The molecule has 0 saturated heterocycles. The number of phenols is 1. The van der Waals surface area contributed by atoms with Crippen LogP contribution in [-0.4, -0.2) is 27.5 Å².